The van der Waals surface area contributed by atoms with Crippen molar-refractivity contribution in [2.45, 2.75) is 25.8 Å². The van der Waals surface area contributed by atoms with Crippen LogP contribution in [0.15, 0.2) is 28.7 Å². The van der Waals surface area contributed by atoms with E-state index < -0.39 is 9.84 Å². The van der Waals surface area contributed by atoms with Crippen LogP contribution >= 0.6 is 15.9 Å². The van der Waals surface area contributed by atoms with Gasteiger partial charge < -0.3 is 4.90 Å². The number of nitrogens with zero attached hydrogens (tertiary/aromatic N) is 1. The van der Waals surface area contributed by atoms with Gasteiger partial charge in [-0.3, -0.25) is 4.79 Å². The second kappa shape index (κ2) is 6.26. The number of amides is 1. The zero-order valence-corrected chi connectivity index (χ0v) is 13.8. The first-order chi connectivity index (χ1) is 9.44. The van der Waals surface area contributed by atoms with E-state index in [1.165, 1.54) is 0 Å². The molecule has 1 aliphatic rings. The van der Waals surface area contributed by atoms with Crippen molar-refractivity contribution < 1.29 is 13.2 Å². The Bertz CT molecular complexity index is 600. The van der Waals surface area contributed by atoms with Gasteiger partial charge in [0.2, 0.25) is 0 Å². The second-order valence-corrected chi connectivity index (χ2v) is 8.12. The highest BCUT2D eigenvalue weighted by molar-refractivity contribution is 9.10. The van der Waals surface area contributed by atoms with Crippen LogP contribution in [0.1, 0.15) is 30.1 Å². The van der Waals surface area contributed by atoms with Crippen LogP contribution in [0.4, 0.5) is 0 Å². The first-order valence-electron chi connectivity index (χ1n) is 6.70. The van der Waals surface area contributed by atoms with Crippen LogP contribution in [-0.4, -0.2) is 43.3 Å². The minimum absolute atomic E-state index is 0.0865. The van der Waals surface area contributed by atoms with Gasteiger partial charge in [-0.1, -0.05) is 19.1 Å². The van der Waals surface area contributed by atoms with Gasteiger partial charge in [0, 0.05) is 17.1 Å². The molecule has 0 saturated carbocycles. The largest absolute Gasteiger partial charge is 0.335 e. The average molecular weight is 360 g/mol. The highest BCUT2D eigenvalue weighted by Gasteiger charge is 2.34. The lowest BCUT2D eigenvalue weighted by molar-refractivity contribution is 0.0696. The Balaban J connectivity index is 2.25. The van der Waals surface area contributed by atoms with Gasteiger partial charge in [-0.05, 0) is 40.9 Å². The van der Waals surface area contributed by atoms with Crippen LogP contribution in [0, 0.1) is 0 Å². The number of hydrogen-bond donors (Lipinski definition) is 0. The number of rotatable bonds is 4. The van der Waals surface area contributed by atoms with Crippen molar-refractivity contribution in [1.82, 2.24) is 4.90 Å². The number of benzene rings is 1. The summed E-state index contributed by atoms with van der Waals surface area (Å²) in [6.45, 7) is 2.57. The summed E-state index contributed by atoms with van der Waals surface area (Å²) in [5.41, 5.74) is 0.588. The monoisotopic (exact) mass is 359 g/mol. The molecule has 1 aromatic rings. The molecule has 0 aliphatic carbocycles. The fourth-order valence-corrected chi connectivity index (χ4v) is 4.69. The molecule has 2 rings (SSSR count). The zero-order valence-electron chi connectivity index (χ0n) is 11.4. The summed E-state index contributed by atoms with van der Waals surface area (Å²) >= 11 is 3.38. The molecule has 1 amide bonds. The van der Waals surface area contributed by atoms with Crippen molar-refractivity contribution in [3.8, 4) is 0 Å². The Morgan fingerprint density at radius 3 is 2.65 bits per heavy atom. The van der Waals surface area contributed by atoms with Crippen molar-refractivity contribution >= 4 is 31.7 Å². The van der Waals surface area contributed by atoms with Crippen LogP contribution in [0.3, 0.4) is 0 Å². The van der Waals surface area contributed by atoms with Gasteiger partial charge in [-0.2, -0.15) is 0 Å². The van der Waals surface area contributed by atoms with E-state index >= 15 is 0 Å². The van der Waals surface area contributed by atoms with Crippen molar-refractivity contribution in [2.75, 3.05) is 18.1 Å². The van der Waals surface area contributed by atoms with E-state index in [9.17, 15) is 13.2 Å². The fourth-order valence-electron chi connectivity index (χ4n) is 2.50. The van der Waals surface area contributed by atoms with Gasteiger partial charge in [0.25, 0.3) is 5.91 Å². The third-order valence-electron chi connectivity index (χ3n) is 3.48. The molecule has 0 bridgehead atoms. The van der Waals surface area contributed by atoms with Crippen LogP contribution < -0.4 is 0 Å². The SMILES string of the molecule is CCCN(C(=O)c1ccccc1Br)C1CCS(=O)(=O)C1. The molecule has 1 heterocycles. The topological polar surface area (TPSA) is 54.5 Å². The molecule has 6 heteroatoms. The molecule has 1 fully saturated rings. The van der Waals surface area contributed by atoms with E-state index in [2.05, 4.69) is 15.9 Å². The third-order valence-corrected chi connectivity index (χ3v) is 5.92. The fraction of sp³-hybridized carbons (Fsp3) is 0.500. The molecule has 110 valence electrons. The summed E-state index contributed by atoms with van der Waals surface area (Å²) in [5.74, 6) is 0.172. The molecule has 0 aromatic heterocycles. The molecule has 4 nitrogen and oxygen atoms in total. The van der Waals surface area contributed by atoms with Gasteiger partial charge in [0.1, 0.15) is 0 Å². The van der Waals surface area contributed by atoms with Crippen molar-refractivity contribution in [3.63, 3.8) is 0 Å². The maximum Gasteiger partial charge on any atom is 0.255 e. The molecule has 1 aromatic carbocycles. The van der Waals surface area contributed by atoms with E-state index in [1.54, 1.807) is 11.0 Å². The van der Waals surface area contributed by atoms with Crippen molar-refractivity contribution in [3.05, 3.63) is 34.3 Å². The molecule has 0 spiro atoms. The van der Waals surface area contributed by atoms with Crippen LogP contribution in [0.25, 0.3) is 0 Å². The van der Waals surface area contributed by atoms with Gasteiger partial charge in [-0.25, -0.2) is 8.42 Å². The molecule has 1 saturated heterocycles. The molecule has 0 radical (unpaired) electrons. The highest BCUT2D eigenvalue weighted by atomic mass is 79.9. The van der Waals surface area contributed by atoms with E-state index in [1.807, 2.05) is 25.1 Å². The summed E-state index contributed by atoms with van der Waals surface area (Å²) in [4.78, 5) is 14.4. The van der Waals surface area contributed by atoms with Crippen molar-refractivity contribution in [2.24, 2.45) is 0 Å². The van der Waals surface area contributed by atoms with Crippen LogP contribution in [0.2, 0.25) is 0 Å². The standard InChI is InChI=1S/C14H18BrNO3S/c1-2-8-16(11-7-9-20(18,19)10-11)14(17)12-5-3-4-6-13(12)15/h3-6,11H,2,7-10H2,1H3. The number of sulfone groups is 1. The van der Waals surface area contributed by atoms with Crippen LogP contribution in [-0.2, 0) is 9.84 Å². The lowest BCUT2D eigenvalue weighted by Crippen LogP contribution is -2.41. The summed E-state index contributed by atoms with van der Waals surface area (Å²) in [6.07, 6.45) is 1.35. The lowest BCUT2D eigenvalue weighted by atomic mass is 10.1. The van der Waals surface area contributed by atoms with Crippen LogP contribution in [0.5, 0.6) is 0 Å². The predicted molar refractivity (Wildman–Crippen MR) is 82.5 cm³/mol. The minimum Gasteiger partial charge on any atom is -0.335 e. The lowest BCUT2D eigenvalue weighted by Gasteiger charge is -2.28. The summed E-state index contributed by atoms with van der Waals surface area (Å²) in [7, 11) is -2.99. The summed E-state index contributed by atoms with van der Waals surface area (Å²) in [6, 6.07) is 7.05. The quantitative estimate of drug-likeness (QED) is 0.829. The Morgan fingerprint density at radius 2 is 2.10 bits per heavy atom. The second-order valence-electron chi connectivity index (χ2n) is 5.04. The predicted octanol–water partition coefficient (Wildman–Crippen LogP) is 2.49. The first kappa shape index (κ1) is 15.5. The molecule has 1 aliphatic heterocycles. The third kappa shape index (κ3) is 3.41. The minimum atomic E-state index is -2.99. The first-order valence-corrected chi connectivity index (χ1v) is 9.32. The zero-order chi connectivity index (χ0) is 14.8. The van der Waals surface area contributed by atoms with E-state index in [4.69, 9.17) is 0 Å². The number of carbonyl (C=O) groups is 1. The number of carbonyl (C=O) groups excluding carboxylic acids is 1. The van der Waals surface area contributed by atoms with Gasteiger partial charge >= 0.3 is 0 Å². The normalized spacial score (nSPS) is 20.8. The maximum absolute atomic E-state index is 12.7. The number of hydrogen-bond acceptors (Lipinski definition) is 3. The molecule has 0 N–H and O–H groups in total. The number of halogens is 1. The maximum atomic E-state index is 12.7. The Kier molecular flexibility index (Phi) is 4.86. The molecule has 20 heavy (non-hydrogen) atoms. The Hall–Kier alpha value is -0.880. The van der Waals surface area contributed by atoms with E-state index in [-0.39, 0.29) is 23.5 Å². The molecular weight excluding hydrogens is 342 g/mol. The van der Waals surface area contributed by atoms with E-state index in [0.717, 1.165) is 10.9 Å². The van der Waals surface area contributed by atoms with Gasteiger partial charge in [0.05, 0.1) is 17.1 Å². The molecule has 1 atom stereocenters. The van der Waals surface area contributed by atoms with E-state index in [0.29, 0.717) is 18.5 Å². The molecule has 1 unspecified atom stereocenters. The highest BCUT2D eigenvalue weighted by Crippen LogP contribution is 2.23. The average Bonchev–Trinajstić information content (AvgIpc) is 2.76. The molecular formula is C14H18BrNO3S. The van der Waals surface area contributed by atoms with Gasteiger partial charge in [-0.15, -0.1) is 0 Å². The van der Waals surface area contributed by atoms with Gasteiger partial charge in [0.15, 0.2) is 9.84 Å². The smallest absolute Gasteiger partial charge is 0.255 e. The summed E-state index contributed by atoms with van der Waals surface area (Å²) in [5, 5.41) is 0. The Morgan fingerprint density at radius 1 is 1.40 bits per heavy atom. The summed E-state index contributed by atoms with van der Waals surface area (Å²) < 4.78 is 24.0. The van der Waals surface area contributed by atoms with Crippen molar-refractivity contribution in [1.29, 1.82) is 0 Å². The Labute approximate surface area is 128 Å².